The average molecular weight is 144 g/mol. The molecular weight excluding hydrogens is 132 g/mol. The second-order valence-corrected chi connectivity index (χ2v) is 2.56. The van der Waals surface area contributed by atoms with Crippen LogP contribution in [-0.2, 0) is 4.79 Å². The van der Waals surface area contributed by atoms with Crippen LogP contribution >= 0.6 is 0 Å². The summed E-state index contributed by atoms with van der Waals surface area (Å²) in [6, 6.07) is -0.493. The van der Waals surface area contributed by atoms with E-state index in [0.717, 1.165) is 17.9 Å². The van der Waals surface area contributed by atoms with E-state index < -0.39 is 6.04 Å². The quantitative estimate of drug-likeness (QED) is 0.459. The van der Waals surface area contributed by atoms with Crippen LogP contribution in [0.3, 0.4) is 0 Å². The number of amides is 1. The molecule has 1 atom stereocenters. The van der Waals surface area contributed by atoms with E-state index in [1.807, 2.05) is 0 Å². The molecule has 0 radical (unpaired) electrons. The van der Waals surface area contributed by atoms with Gasteiger partial charge < -0.3 is 5.73 Å². The Bertz CT molecular complexity index is 124. The highest BCUT2D eigenvalue weighted by atomic mass is 16.5. The summed E-state index contributed by atoms with van der Waals surface area (Å²) in [7, 11) is 0. The van der Waals surface area contributed by atoms with Crippen molar-refractivity contribution in [2.24, 2.45) is 5.73 Å². The molecule has 1 saturated heterocycles. The predicted octanol–water partition coefficient (Wildman–Crippen LogP) is -0.285. The molecule has 1 unspecified atom stereocenters. The van der Waals surface area contributed by atoms with Gasteiger partial charge >= 0.3 is 0 Å². The Balaban J connectivity index is 2.55. The molecular formula is C6H12N2O2. The van der Waals surface area contributed by atoms with Gasteiger partial charge in [-0.15, -0.1) is 0 Å². The molecule has 1 aliphatic heterocycles. The first-order valence-corrected chi connectivity index (χ1v) is 3.47. The predicted molar refractivity (Wildman–Crippen MR) is 35.3 cm³/mol. The highest BCUT2D eigenvalue weighted by Gasteiger charge is 2.21. The van der Waals surface area contributed by atoms with Gasteiger partial charge in [-0.2, -0.15) is 0 Å². The lowest BCUT2D eigenvalue weighted by Crippen LogP contribution is -2.40. The maximum absolute atomic E-state index is 10.9. The first kappa shape index (κ1) is 7.50. The third kappa shape index (κ3) is 1.46. The summed E-state index contributed by atoms with van der Waals surface area (Å²) >= 11 is 0. The minimum Gasteiger partial charge on any atom is -0.320 e. The van der Waals surface area contributed by atoms with Gasteiger partial charge in [0.2, 0.25) is 0 Å². The van der Waals surface area contributed by atoms with E-state index in [4.69, 9.17) is 10.9 Å². The van der Waals surface area contributed by atoms with Gasteiger partial charge in [-0.25, -0.2) is 5.06 Å². The minimum atomic E-state index is -0.493. The average Bonchev–Trinajstić information content (AvgIpc) is 2.04. The van der Waals surface area contributed by atoms with Gasteiger partial charge in [0.25, 0.3) is 5.91 Å². The van der Waals surface area contributed by atoms with E-state index >= 15 is 0 Å². The van der Waals surface area contributed by atoms with Crippen molar-refractivity contribution in [3.05, 3.63) is 0 Å². The van der Waals surface area contributed by atoms with Crippen LogP contribution in [0.15, 0.2) is 0 Å². The molecule has 0 saturated carbocycles. The lowest BCUT2D eigenvalue weighted by molar-refractivity contribution is -0.165. The van der Waals surface area contributed by atoms with Crippen molar-refractivity contribution >= 4 is 5.91 Å². The Morgan fingerprint density at radius 1 is 1.60 bits per heavy atom. The van der Waals surface area contributed by atoms with E-state index in [1.54, 1.807) is 0 Å². The molecule has 0 aliphatic carbocycles. The third-order valence-corrected chi connectivity index (χ3v) is 1.71. The largest absolute Gasteiger partial charge is 0.320 e. The molecule has 58 valence electrons. The van der Waals surface area contributed by atoms with Gasteiger partial charge in [-0.05, 0) is 19.3 Å². The fraction of sp³-hybridized carbons (Fsp3) is 0.833. The first-order valence-electron chi connectivity index (χ1n) is 3.47. The summed E-state index contributed by atoms with van der Waals surface area (Å²) in [5.74, 6) is -0.350. The lowest BCUT2D eigenvalue weighted by atomic mass is 10.1. The first-order chi connectivity index (χ1) is 4.72. The van der Waals surface area contributed by atoms with Gasteiger partial charge in [0.1, 0.15) is 0 Å². The number of carbonyl (C=O) groups excluding carboxylic acids is 1. The Kier molecular flexibility index (Phi) is 2.24. The molecule has 4 heteroatoms. The van der Waals surface area contributed by atoms with Crippen molar-refractivity contribution in [3.8, 4) is 0 Å². The van der Waals surface area contributed by atoms with Crippen molar-refractivity contribution in [2.75, 3.05) is 6.54 Å². The molecule has 1 aliphatic rings. The van der Waals surface area contributed by atoms with Crippen molar-refractivity contribution in [2.45, 2.75) is 25.3 Å². The second kappa shape index (κ2) is 2.98. The Morgan fingerprint density at radius 2 is 2.30 bits per heavy atom. The molecule has 0 bridgehead atoms. The van der Waals surface area contributed by atoms with Gasteiger partial charge in [0, 0.05) is 6.54 Å². The summed E-state index contributed by atoms with van der Waals surface area (Å²) in [5.41, 5.74) is 5.42. The smallest absolute Gasteiger partial charge is 0.262 e. The fourth-order valence-corrected chi connectivity index (χ4v) is 1.05. The van der Waals surface area contributed by atoms with Crippen molar-refractivity contribution in [3.63, 3.8) is 0 Å². The SMILES string of the molecule is NC1CCCCN(O)C1=O. The zero-order chi connectivity index (χ0) is 7.56. The fourth-order valence-electron chi connectivity index (χ4n) is 1.05. The highest BCUT2D eigenvalue weighted by molar-refractivity contribution is 5.80. The second-order valence-electron chi connectivity index (χ2n) is 2.56. The lowest BCUT2D eigenvalue weighted by Gasteiger charge is -2.13. The van der Waals surface area contributed by atoms with Gasteiger partial charge in [0.05, 0.1) is 6.04 Å². The van der Waals surface area contributed by atoms with Crippen LogP contribution < -0.4 is 5.73 Å². The molecule has 1 rings (SSSR count). The van der Waals surface area contributed by atoms with Crippen LogP contribution in [0.4, 0.5) is 0 Å². The van der Waals surface area contributed by atoms with E-state index in [1.165, 1.54) is 0 Å². The van der Waals surface area contributed by atoms with Crippen LogP contribution in [0.25, 0.3) is 0 Å². The van der Waals surface area contributed by atoms with E-state index in [0.29, 0.717) is 13.0 Å². The summed E-state index contributed by atoms with van der Waals surface area (Å²) in [4.78, 5) is 10.9. The van der Waals surface area contributed by atoms with Crippen LogP contribution in [-0.4, -0.2) is 28.8 Å². The number of hydrogen-bond donors (Lipinski definition) is 2. The van der Waals surface area contributed by atoms with Gasteiger partial charge in [-0.3, -0.25) is 10.0 Å². The molecule has 4 nitrogen and oxygen atoms in total. The molecule has 1 heterocycles. The Morgan fingerprint density at radius 3 is 3.00 bits per heavy atom. The third-order valence-electron chi connectivity index (χ3n) is 1.71. The number of hydrogen-bond acceptors (Lipinski definition) is 3. The van der Waals surface area contributed by atoms with Crippen molar-refractivity contribution in [1.82, 2.24) is 5.06 Å². The van der Waals surface area contributed by atoms with Crippen molar-refractivity contribution in [1.29, 1.82) is 0 Å². The molecule has 1 amide bonds. The molecule has 0 aromatic carbocycles. The van der Waals surface area contributed by atoms with Crippen LogP contribution in [0, 0.1) is 0 Å². The van der Waals surface area contributed by atoms with Gasteiger partial charge in [0.15, 0.2) is 0 Å². The molecule has 10 heavy (non-hydrogen) atoms. The number of hydroxylamine groups is 2. The number of rotatable bonds is 0. The monoisotopic (exact) mass is 144 g/mol. The van der Waals surface area contributed by atoms with E-state index in [9.17, 15) is 4.79 Å². The maximum Gasteiger partial charge on any atom is 0.262 e. The number of nitrogens with two attached hydrogens (primary N) is 1. The summed E-state index contributed by atoms with van der Waals surface area (Å²) in [6.07, 6.45) is 2.45. The zero-order valence-electron chi connectivity index (χ0n) is 5.79. The number of nitrogens with zero attached hydrogens (tertiary/aromatic N) is 1. The standard InChI is InChI=1S/C6H12N2O2/c7-5-3-1-2-4-8(10)6(5)9/h5,10H,1-4,7H2. The highest BCUT2D eigenvalue weighted by Crippen LogP contribution is 2.07. The maximum atomic E-state index is 10.9. The molecule has 0 aromatic rings. The van der Waals surface area contributed by atoms with Crippen LogP contribution in [0.2, 0.25) is 0 Å². The molecule has 0 aromatic heterocycles. The number of carbonyl (C=O) groups is 1. The Hall–Kier alpha value is -0.610. The summed E-state index contributed by atoms with van der Waals surface area (Å²) in [5, 5.41) is 9.65. The summed E-state index contributed by atoms with van der Waals surface area (Å²) < 4.78 is 0. The van der Waals surface area contributed by atoms with Crippen LogP contribution in [0.5, 0.6) is 0 Å². The minimum absolute atomic E-state index is 0.350. The van der Waals surface area contributed by atoms with E-state index in [-0.39, 0.29) is 5.91 Å². The topological polar surface area (TPSA) is 66.6 Å². The molecule has 3 N–H and O–H groups in total. The summed E-state index contributed by atoms with van der Waals surface area (Å²) in [6.45, 7) is 0.423. The molecule has 1 fully saturated rings. The molecule has 0 spiro atoms. The van der Waals surface area contributed by atoms with Gasteiger partial charge in [-0.1, -0.05) is 0 Å². The normalized spacial score (nSPS) is 28.4. The van der Waals surface area contributed by atoms with Crippen molar-refractivity contribution < 1.29 is 10.0 Å². The Labute approximate surface area is 59.6 Å². The van der Waals surface area contributed by atoms with Crippen LogP contribution in [0.1, 0.15) is 19.3 Å². The zero-order valence-corrected chi connectivity index (χ0v) is 5.79. The van der Waals surface area contributed by atoms with E-state index in [2.05, 4.69) is 0 Å².